The highest BCUT2D eigenvalue weighted by atomic mass is 16.8. The van der Waals surface area contributed by atoms with Crippen molar-refractivity contribution < 1.29 is 28.7 Å². The Morgan fingerprint density at radius 3 is 2.66 bits per heavy atom. The van der Waals surface area contributed by atoms with Gasteiger partial charge in [0.1, 0.15) is 24.2 Å². The van der Waals surface area contributed by atoms with Gasteiger partial charge in [0, 0.05) is 36.9 Å². The highest BCUT2D eigenvalue weighted by molar-refractivity contribution is 6.05. The second-order valence-corrected chi connectivity index (χ2v) is 12.4. The van der Waals surface area contributed by atoms with Crippen molar-refractivity contribution in [1.29, 1.82) is 0 Å². The topological polar surface area (TPSA) is 100 Å². The molecular weight excluding hydrogens is 524 g/mol. The van der Waals surface area contributed by atoms with Crippen molar-refractivity contribution in [2.45, 2.75) is 87.5 Å². The third kappa shape index (κ3) is 3.75. The number of hydrogen-bond acceptors (Lipinski definition) is 8. The third-order valence-electron chi connectivity index (χ3n) is 10.2. The number of piperidine rings is 1. The van der Waals surface area contributed by atoms with Crippen molar-refractivity contribution in [3.8, 4) is 5.75 Å². The first-order valence-electron chi connectivity index (χ1n) is 15.0. The zero-order chi connectivity index (χ0) is 27.8. The molecular formula is C32H34N2O7. The lowest BCUT2D eigenvalue weighted by Gasteiger charge is -2.42. The summed E-state index contributed by atoms with van der Waals surface area (Å²) in [4.78, 5) is 28.7. The molecule has 0 radical (unpaired) electrons. The standard InChI is InChI=1S/C32H34N2O7/c35-29-22-11-2-3-13-24(22)38-19-32(29)27(20-9-8-10-21(17-20)34(36)37)23-12-4-7-16-33(23)28(32)25-18-26-30(39-25)41-31(40-26)14-5-1-6-15-31/h2-3,8-11,13,17-18,23,26-28,30H,1,4-7,12,14-16,19H2/t23-,26+,27+,28-,30+,32+/m1/s1. The molecule has 1 aliphatic carbocycles. The molecule has 3 saturated heterocycles. The molecule has 0 amide bonds. The van der Waals surface area contributed by atoms with Gasteiger partial charge in [0.15, 0.2) is 11.6 Å². The van der Waals surface area contributed by atoms with Crippen molar-refractivity contribution in [1.82, 2.24) is 4.90 Å². The van der Waals surface area contributed by atoms with Crippen LogP contribution in [0.3, 0.4) is 0 Å². The summed E-state index contributed by atoms with van der Waals surface area (Å²) in [5.41, 5.74) is 0.332. The first-order valence-corrected chi connectivity index (χ1v) is 15.0. The summed E-state index contributed by atoms with van der Waals surface area (Å²) in [6, 6.07) is 13.8. The second kappa shape index (κ2) is 9.37. The molecule has 4 fully saturated rings. The van der Waals surface area contributed by atoms with Crippen LogP contribution in [-0.4, -0.2) is 59.0 Å². The Hall–Kier alpha value is -3.27. The van der Waals surface area contributed by atoms with Crippen LogP contribution in [0.5, 0.6) is 5.75 Å². The Bertz CT molecular complexity index is 1430. The maximum atomic E-state index is 14.9. The largest absolute Gasteiger partial charge is 0.492 e. The SMILES string of the molecule is O=C1c2ccccc2OC[C@@]12[C@@H](c1cccc([N+](=O)[O-])c1)[C@H]1CCCCN1[C@@H]2C1=C[C@@H]2OC3(CCCCC3)O[C@@H]2O1. The summed E-state index contributed by atoms with van der Waals surface area (Å²) in [7, 11) is 0. The van der Waals surface area contributed by atoms with E-state index in [0.29, 0.717) is 17.1 Å². The number of carbonyl (C=O) groups is 1. The predicted octanol–water partition coefficient (Wildman–Crippen LogP) is 5.49. The summed E-state index contributed by atoms with van der Waals surface area (Å²) in [6.07, 6.45) is 9.17. The van der Waals surface area contributed by atoms with Gasteiger partial charge in [-0.15, -0.1) is 0 Å². The van der Waals surface area contributed by atoms with Gasteiger partial charge in [-0.05, 0) is 56.0 Å². The number of hydrogen-bond donors (Lipinski definition) is 0. The normalized spacial score (nSPS) is 35.4. The molecule has 9 nitrogen and oxygen atoms in total. The number of rotatable bonds is 3. The second-order valence-electron chi connectivity index (χ2n) is 12.4. The Labute approximate surface area is 238 Å². The summed E-state index contributed by atoms with van der Waals surface area (Å²) in [5, 5.41) is 11.8. The number of nitro benzene ring substituents is 1. The molecule has 5 aliphatic heterocycles. The van der Waals surface area contributed by atoms with Crippen LogP contribution < -0.4 is 4.74 Å². The van der Waals surface area contributed by atoms with Crippen LogP contribution in [0.25, 0.3) is 0 Å². The zero-order valence-corrected chi connectivity index (χ0v) is 22.9. The molecule has 6 atom stereocenters. The fourth-order valence-electron chi connectivity index (χ4n) is 8.59. The number of nitro groups is 1. The first kappa shape index (κ1) is 25.4. The quantitative estimate of drug-likeness (QED) is 0.360. The van der Waals surface area contributed by atoms with Gasteiger partial charge in [-0.1, -0.05) is 37.1 Å². The van der Waals surface area contributed by atoms with Gasteiger partial charge in [0.2, 0.25) is 6.29 Å². The average Bonchev–Trinajstić information content (AvgIpc) is 3.61. The Kier molecular flexibility index (Phi) is 5.82. The van der Waals surface area contributed by atoms with E-state index in [9.17, 15) is 14.9 Å². The Morgan fingerprint density at radius 1 is 0.976 bits per heavy atom. The molecule has 2 aromatic carbocycles. The van der Waals surface area contributed by atoms with Crippen LogP contribution in [0, 0.1) is 15.5 Å². The minimum atomic E-state index is -1.04. The molecule has 0 aromatic heterocycles. The third-order valence-corrected chi connectivity index (χ3v) is 10.2. The number of non-ortho nitro benzene ring substituents is 1. The highest BCUT2D eigenvalue weighted by Gasteiger charge is 2.68. The molecule has 0 N–H and O–H groups in total. The lowest BCUT2D eigenvalue weighted by molar-refractivity contribution is -0.384. The lowest BCUT2D eigenvalue weighted by Crippen LogP contribution is -2.53. The van der Waals surface area contributed by atoms with Crippen molar-refractivity contribution in [2.75, 3.05) is 13.2 Å². The Balaban J connectivity index is 1.26. The number of Topliss-reactive ketones (excluding diaryl/α,β-unsaturated/α-hetero) is 1. The molecule has 0 bridgehead atoms. The number of carbonyl (C=O) groups excluding carboxylic acids is 1. The zero-order valence-electron chi connectivity index (χ0n) is 22.9. The van der Waals surface area contributed by atoms with Crippen molar-refractivity contribution in [3.63, 3.8) is 0 Å². The van der Waals surface area contributed by atoms with Crippen molar-refractivity contribution >= 4 is 11.5 Å². The summed E-state index contributed by atoms with van der Waals surface area (Å²) < 4.78 is 26.0. The van der Waals surface area contributed by atoms with E-state index in [1.165, 1.54) is 12.5 Å². The maximum Gasteiger partial charge on any atom is 0.269 e. The number of para-hydroxylation sites is 1. The smallest absolute Gasteiger partial charge is 0.269 e. The fraction of sp³-hybridized carbons (Fsp3) is 0.531. The van der Waals surface area contributed by atoms with Crippen LogP contribution >= 0.6 is 0 Å². The molecule has 8 rings (SSSR count). The predicted molar refractivity (Wildman–Crippen MR) is 147 cm³/mol. The van der Waals surface area contributed by atoms with E-state index in [0.717, 1.165) is 57.1 Å². The van der Waals surface area contributed by atoms with E-state index in [-0.39, 0.29) is 41.1 Å². The average molecular weight is 559 g/mol. The molecule has 6 aliphatic rings. The minimum Gasteiger partial charge on any atom is -0.492 e. The van der Waals surface area contributed by atoms with Gasteiger partial charge in [0.05, 0.1) is 21.9 Å². The molecule has 9 heteroatoms. The molecule has 41 heavy (non-hydrogen) atoms. The highest BCUT2D eigenvalue weighted by Crippen LogP contribution is 2.60. The van der Waals surface area contributed by atoms with Crippen LogP contribution in [-0.2, 0) is 14.2 Å². The van der Waals surface area contributed by atoms with Crippen LogP contribution in [0.2, 0.25) is 0 Å². The molecule has 214 valence electrons. The van der Waals surface area contributed by atoms with E-state index in [2.05, 4.69) is 4.90 Å². The fourth-order valence-corrected chi connectivity index (χ4v) is 8.59. The van der Waals surface area contributed by atoms with E-state index < -0.39 is 23.5 Å². The van der Waals surface area contributed by atoms with Gasteiger partial charge in [-0.25, -0.2) is 0 Å². The number of ether oxygens (including phenoxy) is 4. The van der Waals surface area contributed by atoms with Gasteiger partial charge in [0.25, 0.3) is 5.69 Å². The lowest BCUT2D eigenvalue weighted by atomic mass is 9.63. The molecule has 0 unspecified atom stereocenters. The van der Waals surface area contributed by atoms with E-state index >= 15 is 0 Å². The monoisotopic (exact) mass is 558 g/mol. The molecule has 2 aromatic rings. The van der Waals surface area contributed by atoms with Gasteiger partial charge < -0.3 is 18.9 Å². The number of fused-ring (bicyclic) bond motifs is 3. The summed E-state index contributed by atoms with van der Waals surface area (Å²) >= 11 is 0. The molecule has 5 heterocycles. The maximum absolute atomic E-state index is 14.9. The minimum absolute atomic E-state index is 0.00223. The first-order chi connectivity index (χ1) is 20.0. The van der Waals surface area contributed by atoms with Crippen molar-refractivity contribution in [2.24, 2.45) is 5.41 Å². The Morgan fingerprint density at radius 2 is 1.83 bits per heavy atom. The van der Waals surface area contributed by atoms with Crippen LogP contribution in [0.1, 0.15) is 73.2 Å². The van der Waals surface area contributed by atoms with Crippen LogP contribution in [0.4, 0.5) is 5.69 Å². The van der Waals surface area contributed by atoms with Crippen molar-refractivity contribution in [3.05, 3.63) is 81.6 Å². The van der Waals surface area contributed by atoms with E-state index in [1.807, 2.05) is 36.4 Å². The van der Waals surface area contributed by atoms with Gasteiger partial charge in [-0.2, -0.15) is 0 Å². The summed E-state index contributed by atoms with van der Waals surface area (Å²) in [6.45, 7) is 0.967. The van der Waals surface area contributed by atoms with E-state index in [1.54, 1.807) is 12.1 Å². The molecule has 1 saturated carbocycles. The van der Waals surface area contributed by atoms with E-state index in [4.69, 9.17) is 18.9 Å². The number of nitrogens with zero attached hydrogens (tertiary/aromatic N) is 2. The molecule has 2 spiro atoms. The summed E-state index contributed by atoms with van der Waals surface area (Å²) in [5.74, 6) is 0.382. The number of benzene rings is 2. The van der Waals surface area contributed by atoms with Crippen LogP contribution in [0.15, 0.2) is 60.4 Å². The van der Waals surface area contributed by atoms with Gasteiger partial charge >= 0.3 is 0 Å². The number of ketones is 1. The van der Waals surface area contributed by atoms with Gasteiger partial charge in [-0.3, -0.25) is 19.8 Å².